The Bertz CT molecular complexity index is 920. The molecule has 0 bridgehead atoms. The van der Waals surface area contributed by atoms with E-state index in [1.807, 2.05) is 30.5 Å². The number of nitrogens with one attached hydrogen (secondary N) is 3. The van der Waals surface area contributed by atoms with Crippen LogP contribution in [0.2, 0.25) is 0 Å². The lowest BCUT2D eigenvalue weighted by Gasteiger charge is -2.07. The molecule has 0 unspecified atom stereocenters. The quantitative estimate of drug-likeness (QED) is 0.610. The van der Waals surface area contributed by atoms with Crippen molar-refractivity contribution in [2.24, 2.45) is 0 Å². The van der Waals surface area contributed by atoms with Gasteiger partial charge in [0.15, 0.2) is 0 Å². The van der Waals surface area contributed by atoms with Crippen molar-refractivity contribution in [3.8, 4) is 0 Å². The van der Waals surface area contributed by atoms with Crippen LogP contribution in [0.3, 0.4) is 0 Å². The maximum Gasteiger partial charge on any atom is 0.239 e. The molecule has 5 nitrogen and oxygen atoms in total. The Morgan fingerprint density at radius 1 is 1.00 bits per heavy atom. The molecular weight excluding hydrogens is 333 g/mol. The van der Waals surface area contributed by atoms with E-state index in [0.29, 0.717) is 18.5 Å². The highest BCUT2D eigenvalue weighted by atomic mass is 19.1. The molecule has 1 heterocycles. The number of amides is 2. The van der Waals surface area contributed by atoms with E-state index >= 15 is 0 Å². The van der Waals surface area contributed by atoms with Gasteiger partial charge in [0, 0.05) is 23.6 Å². The van der Waals surface area contributed by atoms with E-state index in [1.165, 1.54) is 12.1 Å². The zero-order valence-corrected chi connectivity index (χ0v) is 14.2. The molecular formula is C20H20FN3O2. The number of halogens is 1. The minimum Gasteiger partial charge on any atom is -0.361 e. The Balaban J connectivity index is 1.39. The second-order valence-corrected chi connectivity index (χ2v) is 6.04. The average Bonchev–Trinajstić information content (AvgIpc) is 3.03. The van der Waals surface area contributed by atoms with Crippen LogP contribution in [0.4, 0.5) is 4.39 Å². The van der Waals surface area contributed by atoms with Gasteiger partial charge in [-0.05, 0) is 35.7 Å². The Morgan fingerprint density at radius 3 is 2.69 bits per heavy atom. The third-order valence-electron chi connectivity index (χ3n) is 4.09. The maximum absolute atomic E-state index is 13.1. The predicted octanol–water partition coefficient (Wildman–Crippen LogP) is 2.32. The normalized spacial score (nSPS) is 10.7. The molecule has 0 aliphatic rings. The van der Waals surface area contributed by atoms with Crippen LogP contribution in [0.15, 0.2) is 54.7 Å². The zero-order chi connectivity index (χ0) is 18.4. The van der Waals surface area contributed by atoms with E-state index in [9.17, 15) is 14.0 Å². The fourth-order valence-electron chi connectivity index (χ4n) is 2.81. The lowest BCUT2D eigenvalue weighted by Crippen LogP contribution is -2.38. The monoisotopic (exact) mass is 353 g/mol. The van der Waals surface area contributed by atoms with Gasteiger partial charge in [0.25, 0.3) is 0 Å². The second-order valence-electron chi connectivity index (χ2n) is 6.04. The molecule has 0 saturated heterocycles. The molecule has 3 N–H and O–H groups in total. The van der Waals surface area contributed by atoms with Crippen molar-refractivity contribution < 1.29 is 14.0 Å². The Hall–Kier alpha value is -3.15. The fraction of sp³-hybridized carbons (Fsp3) is 0.200. The van der Waals surface area contributed by atoms with Gasteiger partial charge >= 0.3 is 0 Å². The van der Waals surface area contributed by atoms with Crippen LogP contribution in [-0.2, 0) is 22.4 Å². The Morgan fingerprint density at radius 2 is 1.85 bits per heavy atom. The molecule has 26 heavy (non-hydrogen) atoms. The lowest BCUT2D eigenvalue weighted by atomic mass is 10.1. The number of para-hydroxylation sites is 1. The summed E-state index contributed by atoms with van der Waals surface area (Å²) >= 11 is 0. The first-order valence-corrected chi connectivity index (χ1v) is 8.44. The summed E-state index contributed by atoms with van der Waals surface area (Å²) in [5, 5.41) is 6.47. The summed E-state index contributed by atoms with van der Waals surface area (Å²) in [6.45, 7) is 0.391. The molecule has 134 valence electrons. The highest BCUT2D eigenvalue weighted by molar-refractivity contribution is 5.86. The highest BCUT2D eigenvalue weighted by Crippen LogP contribution is 2.17. The number of carbonyl (C=O) groups excluding carboxylic acids is 2. The molecule has 3 aromatic rings. The van der Waals surface area contributed by atoms with Gasteiger partial charge in [-0.15, -0.1) is 0 Å². The first-order chi connectivity index (χ1) is 12.6. The van der Waals surface area contributed by atoms with Crippen LogP contribution in [0.5, 0.6) is 0 Å². The molecule has 2 aromatic carbocycles. The molecule has 0 spiro atoms. The molecule has 0 saturated carbocycles. The van der Waals surface area contributed by atoms with E-state index in [1.54, 1.807) is 12.1 Å². The summed E-state index contributed by atoms with van der Waals surface area (Å²) < 4.78 is 13.1. The highest BCUT2D eigenvalue weighted by Gasteiger charge is 2.08. The average molecular weight is 353 g/mol. The van der Waals surface area contributed by atoms with Crippen molar-refractivity contribution in [2.45, 2.75) is 12.8 Å². The summed E-state index contributed by atoms with van der Waals surface area (Å²) in [5.41, 5.74) is 2.77. The second kappa shape index (κ2) is 8.29. The lowest BCUT2D eigenvalue weighted by molar-refractivity contribution is -0.125. The van der Waals surface area contributed by atoms with Crippen LogP contribution in [0, 0.1) is 5.82 Å². The molecule has 0 radical (unpaired) electrons. The number of fused-ring (bicyclic) bond motifs is 1. The molecule has 6 heteroatoms. The summed E-state index contributed by atoms with van der Waals surface area (Å²) in [5.74, 6) is -0.954. The molecule has 2 amide bonds. The molecule has 0 fully saturated rings. The van der Waals surface area contributed by atoms with E-state index in [0.717, 1.165) is 16.5 Å². The largest absolute Gasteiger partial charge is 0.361 e. The van der Waals surface area contributed by atoms with Crippen LogP contribution in [0.25, 0.3) is 10.9 Å². The smallest absolute Gasteiger partial charge is 0.239 e. The van der Waals surface area contributed by atoms with E-state index in [-0.39, 0.29) is 30.6 Å². The van der Waals surface area contributed by atoms with Crippen molar-refractivity contribution >= 4 is 22.7 Å². The van der Waals surface area contributed by atoms with Gasteiger partial charge in [-0.3, -0.25) is 9.59 Å². The minimum atomic E-state index is -0.384. The van der Waals surface area contributed by atoms with Crippen molar-refractivity contribution in [2.75, 3.05) is 13.1 Å². The maximum atomic E-state index is 13.1. The zero-order valence-electron chi connectivity index (χ0n) is 14.2. The number of H-pyrrole nitrogens is 1. The topological polar surface area (TPSA) is 74.0 Å². The van der Waals surface area contributed by atoms with Crippen molar-refractivity contribution in [3.63, 3.8) is 0 Å². The summed E-state index contributed by atoms with van der Waals surface area (Å²) in [7, 11) is 0. The summed E-state index contributed by atoms with van der Waals surface area (Å²) in [6.07, 6.45) is 2.69. The molecule has 1 aromatic heterocycles. The van der Waals surface area contributed by atoms with Gasteiger partial charge < -0.3 is 15.6 Å². The third-order valence-corrected chi connectivity index (χ3v) is 4.09. The van der Waals surface area contributed by atoms with Crippen LogP contribution >= 0.6 is 0 Å². The number of carbonyl (C=O) groups is 2. The predicted molar refractivity (Wildman–Crippen MR) is 98.1 cm³/mol. The molecule has 0 aliphatic heterocycles. The number of aromatic amines is 1. The van der Waals surface area contributed by atoms with Gasteiger partial charge in [-0.25, -0.2) is 4.39 Å². The van der Waals surface area contributed by atoms with Gasteiger partial charge in [0.1, 0.15) is 5.82 Å². The van der Waals surface area contributed by atoms with Crippen molar-refractivity contribution in [1.29, 1.82) is 0 Å². The molecule has 0 atom stereocenters. The molecule has 0 aliphatic carbocycles. The van der Waals surface area contributed by atoms with Gasteiger partial charge in [0.2, 0.25) is 11.8 Å². The minimum absolute atomic E-state index is 0.0420. The van der Waals surface area contributed by atoms with Crippen molar-refractivity contribution in [3.05, 3.63) is 71.7 Å². The van der Waals surface area contributed by atoms with Crippen LogP contribution in [-0.4, -0.2) is 29.9 Å². The van der Waals surface area contributed by atoms with E-state index < -0.39 is 0 Å². The SMILES string of the molecule is O=C(CNC(=O)Cc1cccc(F)c1)NCCc1c[nH]c2ccccc12. The van der Waals surface area contributed by atoms with E-state index in [4.69, 9.17) is 0 Å². The number of rotatable bonds is 7. The fourth-order valence-corrected chi connectivity index (χ4v) is 2.81. The van der Waals surface area contributed by atoms with E-state index in [2.05, 4.69) is 15.6 Å². The first-order valence-electron chi connectivity index (χ1n) is 8.44. The summed E-state index contributed by atoms with van der Waals surface area (Å²) in [4.78, 5) is 26.9. The Labute approximate surface area is 150 Å². The summed E-state index contributed by atoms with van der Waals surface area (Å²) in [6, 6.07) is 13.8. The number of aromatic nitrogens is 1. The first kappa shape index (κ1) is 17.7. The number of hydrogen-bond acceptors (Lipinski definition) is 2. The van der Waals surface area contributed by atoms with Gasteiger partial charge in [-0.1, -0.05) is 30.3 Å². The third kappa shape index (κ3) is 4.69. The Kier molecular flexibility index (Phi) is 5.63. The standard InChI is InChI=1S/C20H20FN3O2/c21-16-5-3-4-14(10-16)11-19(25)24-13-20(26)22-9-8-15-12-23-18-7-2-1-6-17(15)18/h1-7,10,12,23H,8-9,11,13H2,(H,22,26)(H,24,25). The van der Waals surface area contributed by atoms with Gasteiger partial charge in [0.05, 0.1) is 13.0 Å². The van der Waals surface area contributed by atoms with Gasteiger partial charge in [-0.2, -0.15) is 0 Å². The molecule has 3 rings (SSSR count). The number of hydrogen-bond donors (Lipinski definition) is 3. The van der Waals surface area contributed by atoms with Crippen LogP contribution < -0.4 is 10.6 Å². The number of benzene rings is 2. The van der Waals surface area contributed by atoms with Crippen LogP contribution in [0.1, 0.15) is 11.1 Å². The van der Waals surface area contributed by atoms with Crippen molar-refractivity contribution in [1.82, 2.24) is 15.6 Å².